The highest BCUT2D eigenvalue weighted by atomic mass is 35.5. The number of aliphatic hydroxyl groups is 2. The molecule has 16 aromatic rings. The summed E-state index contributed by atoms with van der Waals surface area (Å²) in [6, 6.07) is 32.6. The van der Waals surface area contributed by atoms with E-state index in [1.54, 1.807) is 54.0 Å². The Hall–Kier alpha value is -11.7. The number of hydrogen-bond donors (Lipinski definition) is 2. The highest BCUT2D eigenvalue weighted by Crippen LogP contribution is 2.36. The second-order valence-electron chi connectivity index (χ2n) is 35.7. The lowest BCUT2D eigenvalue weighted by Gasteiger charge is -2.47. The lowest BCUT2D eigenvalue weighted by Crippen LogP contribution is -2.57. The molecule has 22 rings (SSSR count). The number of β-amino-alcohol motifs (C(OH)–C–C–N with tert-alkyl or cyclic N) is 1. The van der Waals surface area contributed by atoms with Crippen LogP contribution in [0.25, 0.3) is 90.2 Å². The highest BCUT2D eigenvalue weighted by Gasteiger charge is 2.37. The molecule has 2 aliphatic carbocycles. The van der Waals surface area contributed by atoms with E-state index in [9.17, 15) is 24.3 Å². The number of aromatic nitrogens is 16. The Bertz CT molecular complexity index is 7320. The Morgan fingerprint density at radius 1 is 0.333 bits per heavy atom. The van der Waals surface area contributed by atoms with E-state index in [2.05, 4.69) is 99.0 Å². The van der Waals surface area contributed by atoms with Crippen molar-refractivity contribution in [3.05, 3.63) is 256 Å². The number of rotatable bonds is 17. The average Bonchev–Trinajstić information content (AvgIpc) is 1.08. The van der Waals surface area contributed by atoms with Crippen LogP contribution in [0.2, 0.25) is 20.1 Å². The fourth-order valence-corrected chi connectivity index (χ4v) is 20.2. The minimum Gasteiger partial charge on any atom is -0.395 e. The van der Waals surface area contributed by atoms with Crippen LogP contribution in [-0.4, -0.2) is 259 Å². The van der Waals surface area contributed by atoms with Crippen LogP contribution in [-0.2, 0) is 4.74 Å². The van der Waals surface area contributed by atoms with Gasteiger partial charge in [-0.15, -0.1) is 0 Å². The molecular weight excluding hydrogens is 1760 g/mol. The molecule has 0 radical (unpaired) electrons. The number of imidazole rings is 4. The largest absolute Gasteiger partial charge is 0.395 e. The molecule has 16 aromatic heterocycles. The van der Waals surface area contributed by atoms with Crippen LogP contribution in [0.5, 0.6) is 0 Å². The molecular formula is C97H106Cl4N24O7. The summed E-state index contributed by atoms with van der Waals surface area (Å²) >= 11 is 25.7. The molecule has 4 saturated heterocycles. The number of pyridine rings is 8. The number of aryl methyl sites for hydroxylation is 4. The van der Waals surface area contributed by atoms with Gasteiger partial charge in [-0.2, -0.15) is 0 Å². The van der Waals surface area contributed by atoms with E-state index in [4.69, 9.17) is 76.2 Å². The number of halogens is 4. The average molecular weight is 1860 g/mol. The zero-order valence-electron chi connectivity index (χ0n) is 75.1. The van der Waals surface area contributed by atoms with Gasteiger partial charge in [-0.25, -0.2) is 39.9 Å². The number of nitrogens with zero attached hydrogens (tertiary/aromatic N) is 24. The first-order valence-electron chi connectivity index (χ1n) is 45.3. The third-order valence-corrected chi connectivity index (χ3v) is 27.4. The van der Waals surface area contributed by atoms with Gasteiger partial charge in [0.2, 0.25) is 0 Å². The van der Waals surface area contributed by atoms with Gasteiger partial charge in [-0.3, -0.25) is 56.4 Å². The van der Waals surface area contributed by atoms with Gasteiger partial charge in [0, 0.05) is 249 Å². The van der Waals surface area contributed by atoms with Gasteiger partial charge in [-0.05, 0) is 154 Å². The molecule has 0 bridgehead atoms. The summed E-state index contributed by atoms with van der Waals surface area (Å²) in [7, 11) is 0. The summed E-state index contributed by atoms with van der Waals surface area (Å²) in [5.74, 6) is 0. The van der Waals surface area contributed by atoms with Crippen LogP contribution in [0.1, 0.15) is 82.6 Å². The third-order valence-electron chi connectivity index (χ3n) is 26.3. The van der Waals surface area contributed by atoms with Crippen LogP contribution in [0, 0.1) is 27.7 Å². The number of fused-ring (bicyclic) bond motifs is 8. The lowest BCUT2D eigenvalue weighted by atomic mass is 9.89. The first-order valence-corrected chi connectivity index (χ1v) is 46.8. The number of ether oxygens (including phenoxy) is 1. The minimum atomic E-state index is -0.142. The van der Waals surface area contributed by atoms with Crippen molar-refractivity contribution in [3.63, 3.8) is 0 Å². The van der Waals surface area contributed by atoms with Crippen LogP contribution < -0.4 is 41.8 Å². The summed E-state index contributed by atoms with van der Waals surface area (Å²) in [5, 5.41) is 20.2. The number of piperazine rings is 4. The van der Waals surface area contributed by atoms with Crippen molar-refractivity contribution in [2.75, 3.05) is 138 Å². The quantitative estimate of drug-likeness (QED) is 0.0801. The van der Waals surface area contributed by atoms with E-state index in [0.717, 1.165) is 165 Å². The zero-order valence-corrected chi connectivity index (χ0v) is 78.1. The van der Waals surface area contributed by atoms with Gasteiger partial charge in [0.05, 0.1) is 115 Å². The van der Waals surface area contributed by atoms with Crippen LogP contribution >= 0.6 is 46.4 Å². The SMILES string of the molecule is Cc1cn2cc(-c3cc(=O)n4cc(N5CCN(C6CC6)[C@@H](C)C5)ccc4n3)cc(Cl)c2n1.Cc1cn2cc(-c3cc(=O)n4cc(N5CCN(C6CCC6)[C@@H](C)C5)ccc4n3)cc(Cl)c2n1.Cc1cn2cc(-c3cc(=O)n4cc(N5CCN(CCO)[C@@H](C)C5)ccc4n3)cc(Cl)c2n1.Cc1cn2cc(-c3cc(=O)n4cc(N5CCN(CCOCCO)[C@@H](C)C5)ccc4n3)cc(Cl)c2n1. The van der Waals surface area contributed by atoms with Crippen molar-refractivity contribution in [2.45, 2.75) is 124 Å². The van der Waals surface area contributed by atoms with E-state index in [0.29, 0.717) is 132 Å². The van der Waals surface area contributed by atoms with Crippen molar-refractivity contribution < 1.29 is 14.9 Å². The number of hydrogen-bond acceptors (Lipinski definition) is 23. The summed E-state index contributed by atoms with van der Waals surface area (Å²) in [4.78, 5) is 108. The molecule has 2 saturated carbocycles. The van der Waals surface area contributed by atoms with E-state index in [-0.39, 0.29) is 35.5 Å². The second-order valence-corrected chi connectivity index (χ2v) is 37.4. The van der Waals surface area contributed by atoms with Crippen LogP contribution in [0.3, 0.4) is 0 Å². The summed E-state index contributed by atoms with van der Waals surface area (Å²) in [6.45, 7) is 30.6. The van der Waals surface area contributed by atoms with Crippen molar-refractivity contribution in [1.29, 1.82) is 0 Å². The summed E-state index contributed by atoms with van der Waals surface area (Å²) in [5.41, 5.74) is 17.8. The Morgan fingerprint density at radius 3 is 0.902 bits per heavy atom. The molecule has 2 N–H and O–H groups in total. The normalized spacial score (nSPS) is 18.6. The molecule has 4 atom stereocenters. The zero-order chi connectivity index (χ0) is 91.6. The number of anilines is 4. The van der Waals surface area contributed by atoms with E-state index in [1.807, 2.05) is 168 Å². The van der Waals surface area contributed by atoms with Gasteiger partial charge in [-0.1, -0.05) is 52.8 Å². The molecule has 6 aliphatic rings. The fraction of sp³-hybridized carbons (Fsp3) is 0.381. The summed E-state index contributed by atoms with van der Waals surface area (Å²) < 4.78 is 19.4. The molecule has 0 spiro atoms. The molecule has 4 aliphatic heterocycles. The van der Waals surface area contributed by atoms with Gasteiger partial charge in [0.25, 0.3) is 22.2 Å². The maximum Gasteiger partial charge on any atom is 0.258 e. The Kier molecular flexibility index (Phi) is 25.6. The third kappa shape index (κ3) is 18.8. The Balaban J connectivity index is 0.000000114. The Labute approximate surface area is 781 Å². The lowest BCUT2D eigenvalue weighted by molar-refractivity contribution is 0.0624. The molecule has 6 fully saturated rings. The predicted octanol–water partition coefficient (Wildman–Crippen LogP) is 12.6. The first-order chi connectivity index (χ1) is 63.8. The first kappa shape index (κ1) is 89.5. The van der Waals surface area contributed by atoms with Crippen molar-refractivity contribution in [1.82, 2.24) is 94.7 Å². The smallest absolute Gasteiger partial charge is 0.258 e. The molecule has 31 nitrogen and oxygen atoms in total. The molecule has 684 valence electrons. The second kappa shape index (κ2) is 37.7. The van der Waals surface area contributed by atoms with Crippen molar-refractivity contribution in [2.24, 2.45) is 0 Å². The minimum absolute atomic E-state index is 0.0499. The van der Waals surface area contributed by atoms with Crippen molar-refractivity contribution in [3.8, 4) is 45.0 Å². The van der Waals surface area contributed by atoms with E-state index in [1.165, 1.54) is 32.1 Å². The predicted molar refractivity (Wildman–Crippen MR) is 520 cm³/mol. The standard InChI is InChI=1S/C25H29ClN6O3.C25H27ClN6O.C24H25ClN6O.C23H25ClN6O2/c1-17-13-31-15-19(11-21(26)25(31)27-17)22-12-24(34)32-16-20(3-4-23(32)28-22)30-6-5-29(18(2)14-30)7-9-35-10-8-33;1-16-12-30-14-18(10-21(26)25(30)27-16)22-11-24(33)32-15-20(6-7-23(32)28-22)29-8-9-31(17(2)13-29)19-4-3-5-19;1-15-11-29-13-17(9-20(25)24(29)26-15)21-10-23(32)31-14-19(5-6-22(31)27-21)28-7-8-30(16(2)12-28)18-3-4-18;1-15-11-29-13-17(9-19(24)23(29)25-15)20-10-22(32)30-14-18(3-4-21(30)26-20)28-6-5-27(7-8-31)16(2)12-28/h3-4,11-13,15-16,18,33H,5-10,14H2,1-2H3;6-7,10-12,14-15,17,19H,3-5,8-9,13H2,1-2H3;5-6,9-11,13-14,16,18H,3-4,7-8,12H2,1-2H3;3-4,9-11,13-14,16,31H,5-8,12H2,1-2H3/t18-;17-;2*16-/m0000/s1. The maximum atomic E-state index is 13.1. The van der Waals surface area contributed by atoms with Crippen LogP contribution in [0.15, 0.2) is 191 Å². The number of aliphatic hydroxyl groups excluding tert-OH is 2. The highest BCUT2D eigenvalue weighted by molar-refractivity contribution is 6.35. The molecule has 0 amide bonds. The van der Waals surface area contributed by atoms with Gasteiger partial charge in [0.1, 0.15) is 22.6 Å². The van der Waals surface area contributed by atoms with Crippen molar-refractivity contribution >= 4 is 114 Å². The van der Waals surface area contributed by atoms with Crippen LogP contribution in [0.4, 0.5) is 22.7 Å². The molecule has 132 heavy (non-hydrogen) atoms. The van der Waals surface area contributed by atoms with E-state index < -0.39 is 0 Å². The van der Waals surface area contributed by atoms with Gasteiger partial charge in [0.15, 0.2) is 22.6 Å². The van der Waals surface area contributed by atoms with E-state index >= 15 is 0 Å². The topological polar surface area (TPSA) is 282 Å². The van der Waals surface area contributed by atoms with Gasteiger partial charge < -0.3 is 52.2 Å². The van der Waals surface area contributed by atoms with Gasteiger partial charge >= 0.3 is 0 Å². The fourth-order valence-electron chi connectivity index (χ4n) is 19.2. The molecule has 0 aromatic carbocycles. The molecule has 35 heteroatoms. The Morgan fingerprint density at radius 2 is 0.629 bits per heavy atom. The molecule has 20 heterocycles. The maximum absolute atomic E-state index is 13.1. The molecule has 0 unspecified atom stereocenters. The summed E-state index contributed by atoms with van der Waals surface area (Å²) in [6.07, 6.45) is 29.5. The monoisotopic (exact) mass is 1860 g/mol.